The van der Waals surface area contributed by atoms with Gasteiger partial charge in [-0.25, -0.2) is 0 Å². The van der Waals surface area contributed by atoms with E-state index in [0.717, 1.165) is 0 Å². The van der Waals surface area contributed by atoms with E-state index in [1.807, 2.05) is 0 Å². The van der Waals surface area contributed by atoms with Crippen molar-refractivity contribution in [3.63, 3.8) is 0 Å². The van der Waals surface area contributed by atoms with Crippen molar-refractivity contribution in [3.8, 4) is 0 Å². The van der Waals surface area contributed by atoms with Crippen LogP contribution in [0.15, 0.2) is 42.5 Å². The Kier molecular flexibility index (Phi) is 3.81. The van der Waals surface area contributed by atoms with Gasteiger partial charge in [0.1, 0.15) is 0 Å². The Morgan fingerprint density at radius 3 is 2.79 bits per heavy atom. The second kappa shape index (κ2) is 5.72. The van der Waals surface area contributed by atoms with Crippen LogP contribution in [0.25, 0.3) is 10.8 Å². The van der Waals surface area contributed by atoms with Crippen LogP contribution in [0.2, 0.25) is 0 Å². The largest absolute Gasteiger partial charge is 0.314 e. The lowest BCUT2D eigenvalue weighted by Gasteiger charge is -2.21. The zero-order chi connectivity index (χ0) is 13.1. The van der Waals surface area contributed by atoms with E-state index >= 15 is 0 Å². The lowest BCUT2D eigenvalue weighted by Crippen LogP contribution is -2.28. The molecule has 0 aromatic heterocycles. The molecule has 0 spiro atoms. The van der Waals surface area contributed by atoms with Gasteiger partial charge in [0.05, 0.1) is 0 Å². The Hall–Kier alpha value is -1.38. The molecule has 1 aliphatic heterocycles. The van der Waals surface area contributed by atoms with Crippen LogP contribution in [0.1, 0.15) is 30.9 Å². The maximum Gasteiger partial charge on any atom is 0.0332 e. The number of fused-ring (bicyclic) bond motifs is 1. The van der Waals surface area contributed by atoms with Gasteiger partial charge in [-0.2, -0.15) is 0 Å². The van der Waals surface area contributed by atoms with Crippen molar-refractivity contribution in [2.45, 2.75) is 31.3 Å². The van der Waals surface area contributed by atoms with Gasteiger partial charge in [0.2, 0.25) is 0 Å². The molecule has 0 radical (unpaired) electrons. The molecule has 1 saturated heterocycles. The fourth-order valence-electron chi connectivity index (χ4n) is 3.09. The molecular formula is C17H22N2. The molecule has 2 nitrogen and oxygen atoms in total. The number of hydrogen-bond donors (Lipinski definition) is 2. The van der Waals surface area contributed by atoms with Gasteiger partial charge in [0.25, 0.3) is 0 Å². The molecular weight excluding hydrogens is 232 g/mol. The molecule has 2 atom stereocenters. The molecule has 2 aromatic rings. The predicted molar refractivity (Wildman–Crippen MR) is 81.4 cm³/mol. The number of nitrogens with one attached hydrogen (secondary N) is 2. The van der Waals surface area contributed by atoms with Gasteiger partial charge >= 0.3 is 0 Å². The summed E-state index contributed by atoms with van der Waals surface area (Å²) < 4.78 is 0. The summed E-state index contributed by atoms with van der Waals surface area (Å²) >= 11 is 0. The molecule has 1 aliphatic rings. The van der Waals surface area contributed by atoms with E-state index in [9.17, 15) is 0 Å². The average molecular weight is 254 g/mol. The van der Waals surface area contributed by atoms with Gasteiger partial charge in [-0.1, -0.05) is 36.4 Å². The van der Waals surface area contributed by atoms with E-state index in [1.165, 1.54) is 42.1 Å². The highest BCUT2D eigenvalue weighted by atomic mass is 15.0. The summed E-state index contributed by atoms with van der Waals surface area (Å²) in [6.45, 7) is 1.18. The van der Waals surface area contributed by atoms with Gasteiger partial charge < -0.3 is 10.6 Å². The molecule has 19 heavy (non-hydrogen) atoms. The van der Waals surface area contributed by atoms with Crippen LogP contribution in [-0.4, -0.2) is 19.6 Å². The second-order valence-electron chi connectivity index (χ2n) is 5.48. The monoisotopic (exact) mass is 254 g/mol. The minimum atomic E-state index is 0.445. The first kappa shape index (κ1) is 12.6. The zero-order valence-corrected chi connectivity index (χ0v) is 11.5. The standard InChI is InChI=1S/C17H22N2/c1-18-17(12-16-7-4-10-19-16)15-9-8-13-5-2-3-6-14(13)11-15/h2-3,5-6,8-9,11,16-19H,4,7,10,12H2,1H3. The Bertz CT molecular complexity index is 544. The fourth-order valence-corrected chi connectivity index (χ4v) is 3.09. The van der Waals surface area contributed by atoms with E-state index in [0.29, 0.717) is 12.1 Å². The van der Waals surface area contributed by atoms with Crippen LogP contribution < -0.4 is 10.6 Å². The minimum absolute atomic E-state index is 0.445. The first-order valence-electron chi connectivity index (χ1n) is 7.26. The van der Waals surface area contributed by atoms with E-state index in [2.05, 4.69) is 60.1 Å². The van der Waals surface area contributed by atoms with Crippen molar-refractivity contribution in [3.05, 3.63) is 48.0 Å². The molecule has 2 unspecified atom stereocenters. The van der Waals surface area contributed by atoms with Gasteiger partial charge in [0, 0.05) is 12.1 Å². The topological polar surface area (TPSA) is 24.1 Å². The number of rotatable bonds is 4. The maximum atomic E-state index is 3.59. The molecule has 2 heteroatoms. The third-order valence-electron chi connectivity index (χ3n) is 4.21. The van der Waals surface area contributed by atoms with Crippen molar-refractivity contribution in [2.75, 3.05) is 13.6 Å². The molecule has 100 valence electrons. The van der Waals surface area contributed by atoms with Gasteiger partial charge in [0.15, 0.2) is 0 Å². The normalized spacial score (nSPS) is 20.8. The Morgan fingerprint density at radius 2 is 2.05 bits per heavy atom. The Balaban J connectivity index is 1.83. The number of benzene rings is 2. The second-order valence-corrected chi connectivity index (χ2v) is 5.48. The molecule has 0 saturated carbocycles. The predicted octanol–water partition coefficient (Wildman–Crippen LogP) is 3.24. The third kappa shape index (κ3) is 2.80. The van der Waals surface area contributed by atoms with Crippen LogP contribution in [0.4, 0.5) is 0 Å². The van der Waals surface area contributed by atoms with Crippen LogP contribution in [0.5, 0.6) is 0 Å². The van der Waals surface area contributed by atoms with E-state index in [4.69, 9.17) is 0 Å². The van der Waals surface area contributed by atoms with E-state index in [-0.39, 0.29) is 0 Å². The maximum absolute atomic E-state index is 3.59. The summed E-state index contributed by atoms with van der Waals surface area (Å²) in [6.07, 6.45) is 3.80. The van der Waals surface area contributed by atoms with Crippen molar-refractivity contribution in [2.24, 2.45) is 0 Å². The quantitative estimate of drug-likeness (QED) is 0.875. The van der Waals surface area contributed by atoms with Crippen LogP contribution in [0.3, 0.4) is 0 Å². The summed E-state index contributed by atoms with van der Waals surface area (Å²) in [5.74, 6) is 0. The first-order valence-corrected chi connectivity index (χ1v) is 7.26. The highest BCUT2D eigenvalue weighted by Gasteiger charge is 2.19. The average Bonchev–Trinajstić information content (AvgIpc) is 2.97. The molecule has 1 fully saturated rings. The Morgan fingerprint density at radius 1 is 1.21 bits per heavy atom. The van der Waals surface area contributed by atoms with Gasteiger partial charge in [-0.05, 0) is 55.3 Å². The highest BCUT2D eigenvalue weighted by Crippen LogP contribution is 2.25. The van der Waals surface area contributed by atoms with Gasteiger partial charge in [-0.3, -0.25) is 0 Å². The van der Waals surface area contributed by atoms with Crippen LogP contribution >= 0.6 is 0 Å². The lowest BCUT2D eigenvalue weighted by molar-refractivity contribution is 0.454. The van der Waals surface area contributed by atoms with Crippen molar-refractivity contribution >= 4 is 10.8 Å². The third-order valence-corrected chi connectivity index (χ3v) is 4.21. The first-order chi connectivity index (χ1) is 9.36. The Labute approximate surface area is 115 Å². The minimum Gasteiger partial charge on any atom is -0.314 e. The summed E-state index contributed by atoms with van der Waals surface area (Å²) in [6, 6.07) is 16.5. The zero-order valence-electron chi connectivity index (χ0n) is 11.5. The molecule has 0 aliphatic carbocycles. The van der Waals surface area contributed by atoms with Crippen LogP contribution in [-0.2, 0) is 0 Å². The molecule has 2 aromatic carbocycles. The molecule has 0 amide bonds. The van der Waals surface area contributed by atoms with Gasteiger partial charge in [-0.15, -0.1) is 0 Å². The summed E-state index contributed by atoms with van der Waals surface area (Å²) in [5, 5.41) is 9.71. The summed E-state index contributed by atoms with van der Waals surface area (Å²) in [4.78, 5) is 0. The molecule has 1 heterocycles. The van der Waals surface area contributed by atoms with E-state index in [1.54, 1.807) is 0 Å². The summed E-state index contributed by atoms with van der Waals surface area (Å²) in [5.41, 5.74) is 1.40. The summed E-state index contributed by atoms with van der Waals surface area (Å²) in [7, 11) is 2.06. The molecule has 3 rings (SSSR count). The molecule has 2 N–H and O–H groups in total. The van der Waals surface area contributed by atoms with Crippen LogP contribution in [0, 0.1) is 0 Å². The van der Waals surface area contributed by atoms with Crippen molar-refractivity contribution < 1.29 is 0 Å². The van der Waals surface area contributed by atoms with E-state index < -0.39 is 0 Å². The highest BCUT2D eigenvalue weighted by molar-refractivity contribution is 5.83. The SMILES string of the molecule is CNC(CC1CCCN1)c1ccc2ccccc2c1. The lowest BCUT2D eigenvalue weighted by atomic mass is 9.96. The smallest absolute Gasteiger partial charge is 0.0332 e. The van der Waals surface area contributed by atoms with Crippen molar-refractivity contribution in [1.82, 2.24) is 10.6 Å². The number of hydrogen-bond acceptors (Lipinski definition) is 2. The van der Waals surface area contributed by atoms with Crippen molar-refractivity contribution in [1.29, 1.82) is 0 Å². The molecule has 0 bridgehead atoms. The fraction of sp³-hybridized carbons (Fsp3) is 0.412.